The van der Waals surface area contributed by atoms with Gasteiger partial charge < -0.3 is 15.0 Å². The van der Waals surface area contributed by atoms with E-state index in [1.807, 2.05) is 37.8 Å². The molecule has 2 aromatic rings. The lowest BCUT2D eigenvalue weighted by Crippen LogP contribution is -2.38. The standard InChI is InChI=1S/C18H27N5O.HI/c1-13-17(14(2)23(5)21-13)11-20-18(19-3)22(4)12-15-7-9-16(24-6)10-8-15;/h7-10H,11-12H2,1-6H3,(H,19,20);1H. The first-order chi connectivity index (χ1) is 11.5. The van der Waals surface area contributed by atoms with Crippen LogP contribution in [0, 0.1) is 13.8 Å². The van der Waals surface area contributed by atoms with Gasteiger partial charge in [0, 0.05) is 45.5 Å². The Morgan fingerprint density at radius 2 is 1.92 bits per heavy atom. The second kappa shape index (κ2) is 9.65. The molecule has 0 amide bonds. The molecule has 2 rings (SSSR count). The van der Waals surface area contributed by atoms with Gasteiger partial charge in [-0.05, 0) is 31.5 Å². The summed E-state index contributed by atoms with van der Waals surface area (Å²) in [6, 6.07) is 8.08. The number of rotatable bonds is 5. The molecule has 0 aliphatic heterocycles. The second-order valence-corrected chi connectivity index (χ2v) is 5.88. The third-order valence-corrected chi connectivity index (χ3v) is 4.23. The summed E-state index contributed by atoms with van der Waals surface area (Å²) in [5, 5.41) is 7.88. The minimum absolute atomic E-state index is 0. The maximum atomic E-state index is 5.20. The molecular formula is C18H28IN5O. The number of ether oxygens (including phenoxy) is 1. The molecule has 6 nitrogen and oxygen atoms in total. The smallest absolute Gasteiger partial charge is 0.193 e. The molecule has 0 atom stereocenters. The van der Waals surface area contributed by atoms with Crippen LogP contribution in [0.15, 0.2) is 29.3 Å². The number of nitrogens with one attached hydrogen (secondary N) is 1. The summed E-state index contributed by atoms with van der Waals surface area (Å²) in [7, 11) is 7.48. The van der Waals surface area contributed by atoms with Crippen LogP contribution in [0.2, 0.25) is 0 Å². The van der Waals surface area contributed by atoms with Gasteiger partial charge >= 0.3 is 0 Å². The van der Waals surface area contributed by atoms with Gasteiger partial charge in [0.05, 0.1) is 12.8 Å². The lowest BCUT2D eigenvalue weighted by Gasteiger charge is -2.22. The number of hydrogen-bond acceptors (Lipinski definition) is 3. The third kappa shape index (κ3) is 5.35. The lowest BCUT2D eigenvalue weighted by atomic mass is 10.2. The second-order valence-electron chi connectivity index (χ2n) is 5.88. The monoisotopic (exact) mass is 457 g/mol. The summed E-state index contributed by atoms with van der Waals surface area (Å²) in [6.45, 7) is 5.61. The SMILES string of the molecule is CN=C(NCc1c(C)nn(C)c1C)N(C)Cc1ccc(OC)cc1.I. The van der Waals surface area contributed by atoms with Crippen molar-refractivity contribution in [3.63, 3.8) is 0 Å². The Morgan fingerprint density at radius 3 is 2.40 bits per heavy atom. The summed E-state index contributed by atoms with van der Waals surface area (Å²) in [4.78, 5) is 6.48. The maximum absolute atomic E-state index is 5.20. The Kier molecular flexibility index (Phi) is 8.21. The van der Waals surface area contributed by atoms with Crippen molar-refractivity contribution in [2.24, 2.45) is 12.0 Å². The highest BCUT2D eigenvalue weighted by molar-refractivity contribution is 14.0. The van der Waals surface area contributed by atoms with Gasteiger partial charge in [-0.2, -0.15) is 5.10 Å². The fourth-order valence-corrected chi connectivity index (χ4v) is 2.71. The van der Waals surface area contributed by atoms with Crippen LogP contribution in [0.3, 0.4) is 0 Å². The van der Waals surface area contributed by atoms with Crippen LogP contribution in [-0.2, 0) is 20.1 Å². The number of aliphatic imine (C=N–C) groups is 1. The van der Waals surface area contributed by atoms with E-state index >= 15 is 0 Å². The molecule has 1 aromatic heterocycles. The molecule has 0 radical (unpaired) electrons. The molecule has 0 aliphatic carbocycles. The van der Waals surface area contributed by atoms with Crippen molar-refractivity contribution in [3.05, 3.63) is 46.8 Å². The molecule has 25 heavy (non-hydrogen) atoms. The van der Waals surface area contributed by atoms with Gasteiger partial charge in [-0.25, -0.2) is 0 Å². The van der Waals surface area contributed by atoms with Crippen molar-refractivity contribution in [2.45, 2.75) is 26.9 Å². The number of aromatic nitrogens is 2. The van der Waals surface area contributed by atoms with Crippen molar-refractivity contribution in [2.75, 3.05) is 21.2 Å². The van der Waals surface area contributed by atoms with E-state index in [4.69, 9.17) is 4.74 Å². The summed E-state index contributed by atoms with van der Waals surface area (Å²) in [6.07, 6.45) is 0. The maximum Gasteiger partial charge on any atom is 0.193 e. The number of halogens is 1. The Bertz CT molecular complexity index is 709. The normalized spacial score (nSPS) is 11.0. The van der Waals surface area contributed by atoms with Crippen molar-refractivity contribution in [1.29, 1.82) is 0 Å². The van der Waals surface area contributed by atoms with Crippen molar-refractivity contribution >= 4 is 29.9 Å². The number of nitrogens with zero attached hydrogens (tertiary/aromatic N) is 4. The quantitative estimate of drug-likeness (QED) is 0.426. The topological polar surface area (TPSA) is 54.7 Å². The fourth-order valence-electron chi connectivity index (χ4n) is 2.71. The lowest BCUT2D eigenvalue weighted by molar-refractivity contribution is 0.414. The van der Waals surface area contributed by atoms with Crippen molar-refractivity contribution < 1.29 is 4.74 Å². The van der Waals surface area contributed by atoms with E-state index in [0.717, 1.165) is 23.9 Å². The summed E-state index contributed by atoms with van der Waals surface area (Å²) >= 11 is 0. The summed E-state index contributed by atoms with van der Waals surface area (Å²) in [5.74, 6) is 1.72. The van der Waals surface area contributed by atoms with E-state index in [9.17, 15) is 0 Å². The predicted octanol–water partition coefficient (Wildman–Crippen LogP) is 2.87. The van der Waals surface area contributed by atoms with Gasteiger partial charge in [0.25, 0.3) is 0 Å². The first-order valence-electron chi connectivity index (χ1n) is 8.00. The molecule has 0 unspecified atom stereocenters. The van der Waals surface area contributed by atoms with Gasteiger partial charge in [-0.15, -0.1) is 24.0 Å². The third-order valence-electron chi connectivity index (χ3n) is 4.23. The van der Waals surface area contributed by atoms with Gasteiger partial charge in [0.1, 0.15) is 5.75 Å². The van der Waals surface area contributed by atoms with Gasteiger partial charge in [-0.3, -0.25) is 9.67 Å². The Labute approximate surface area is 167 Å². The molecule has 1 aromatic carbocycles. The molecule has 7 heteroatoms. The highest BCUT2D eigenvalue weighted by Gasteiger charge is 2.12. The molecule has 0 aliphatic rings. The van der Waals surface area contributed by atoms with Crippen LogP contribution in [-0.4, -0.2) is 41.8 Å². The number of hydrogen-bond donors (Lipinski definition) is 1. The van der Waals surface area contributed by atoms with E-state index in [1.54, 1.807) is 14.2 Å². The van der Waals surface area contributed by atoms with Gasteiger partial charge in [0.2, 0.25) is 0 Å². The largest absolute Gasteiger partial charge is 0.497 e. The molecule has 0 spiro atoms. The highest BCUT2D eigenvalue weighted by atomic mass is 127. The van der Waals surface area contributed by atoms with Crippen molar-refractivity contribution in [3.8, 4) is 5.75 Å². The van der Waals surface area contributed by atoms with Crippen LogP contribution >= 0.6 is 24.0 Å². The molecule has 0 saturated carbocycles. The molecule has 1 heterocycles. The van der Waals surface area contributed by atoms with E-state index in [-0.39, 0.29) is 24.0 Å². The van der Waals surface area contributed by atoms with Crippen LogP contribution in [0.25, 0.3) is 0 Å². The zero-order valence-electron chi connectivity index (χ0n) is 15.8. The zero-order valence-corrected chi connectivity index (χ0v) is 18.2. The molecule has 0 fully saturated rings. The molecular weight excluding hydrogens is 429 g/mol. The number of guanidine groups is 1. The van der Waals surface area contributed by atoms with E-state index in [0.29, 0.717) is 6.54 Å². The van der Waals surface area contributed by atoms with Crippen LogP contribution < -0.4 is 10.1 Å². The average Bonchev–Trinajstić information content (AvgIpc) is 2.82. The Morgan fingerprint density at radius 1 is 1.28 bits per heavy atom. The minimum Gasteiger partial charge on any atom is -0.497 e. The van der Waals surface area contributed by atoms with Gasteiger partial charge in [0.15, 0.2) is 5.96 Å². The zero-order chi connectivity index (χ0) is 17.7. The van der Waals surface area contributed by atoms with E-state index < -0.39 is 0 Å². The van der Waals surface area contributed by atoms with E-state index in [2.05, 4.69) is 39.4 Å². The van der Waals surface area contributed by atoms with E-state index in [1.165, 1.54) is 16.8 Å². The highest BCUT2D eigenvalue weighted by Crippen LogP contribution is 2.13. The summed E-state index contributed by atoms with van der Waals surface area (Å²) in [5.41, 5.74) is 4.65. The van der Waals surface area contributed by atoms with Crippen LogP contribution in [0.5, 0.6) is 5.75 Å². The first-order valence-corrected chi connectivity index (χ1v) is 8.00. The molecule has 0 bridgehead atoms. The minimum atomic E-state index is 0. The van der Waals surface area contributed by atoms with Gasteiger partial charge in [-0.1, -0.05) is 12.1 Å². The molecule has 1 N–H and O–H groups in total. The number of aryl methyl sites for hydroxylation is 2. The van der Waals surface area contributed by atoms with Crippen molar-refractivity contribution in [1.82, 2.24) is 20.0 Å². The Balaban J connectivity index is 0.00000312. The fraction of sp³-hybridized carbons (Fsp3) is 0.444. The molecule has 0 saturated heterocycles. The molecule has 138 valence electrons. The number of methoxy groups -OCH3 is 1. The van der Waals surface area contributed by atoms with Crippen LogP contribution in [0.1, 0.15) is 22.5 Å². The predicted molar refractivity (Wildman–Crippen MR) is 113 cm³/mol. The van der Waals surface area contributed by atoms with Crippen LogP contribution in [0.4, 0.5) is 0 Å². The summed E-state index contributed by atoms with van der Waals surface area (Å²) < 4.78 is 7.11. The number of benzene rings is 1. The average molecular weight is 457 g/mol. The Hall–Kier alpha value is -1.77. The first kappa shape index (κ1) is 21.3.